The summed E-state index contributed by atoms with van der Waals surface area (Å²) in [5.74, 6) is 0.258. The maximum Gasteiger partial charge on any atom is 0.254 e. The maximum absolute atomic E-state index is 12.6. The van der Waals surface area contributed by atoms with Crippen molar-refractivity contribution in [2.24, 2.45) is 34.2 Å². The third-order valence-electron chi connectivity index (χ3n) is 5.72. The fourth-order valence-corrected chi connectivity index (χ4v) is 5.01. The monoisotopic (exact) mass is 360 g/mol. The predicted octanol–water partition coefficient (Wildman–Crippen LogP) is 2.57. The summed E-state index contributed by atoms with van der Waals surface area (Å²) >= 11 is 3.21. The van der Waals surface area contributed by atoms with Crippen LogP contribution in [0.5, 0.6) is 0 Å². The lowest BCUT2D eigenvalue weighted by atomic mass is 9.85. The van der Waals surface area contributed by atoms with Crippen LogP contribution in [0.3, 0.4) is 0 Å². The Kier molecular flexibility index (Phi) is 2.32. The molecule has 5 nitrogen and oxygen atoms in total. The molecule has 1 aliphatic heterocycles. The molecule has 1 aromatic rings. The van der Waals surface area contributed by atoms with Crippen LogP contribution in [0.4, 0.5) is 0 Å². The Labute approximate surface area is 135 Å². The van der Waals surface area contributed by atoms with Gasteiger partial charge in [0.2, 0.25) is 0 Å². The zero-order valence-electron chi connectivity index (χ0n) is 11.6. The molecule has 112 valence electrons. The van der Waals surface area contributed by atoms with Crippen molar-refractivity contribution in [2.45, 2.75) is 12.8 Å². The van der Waals surface area contributed by atoms with Gasteiger partial charge >= 0.3 is 0 Å². The number of allylic oxidation sites excluding steroid dienone is 2. The molecule has 4 unspecified atom stereocenters. The number of hydrogen-bond acceptors (Lipinski definition) is 4. The SMILES string of the molecule is O=C1C2C(C(=O)N1N=Cc1ccc(Br)o1)C1C=CC2C12CC2. The van der Waals surface area contributed by atoms with Crippen LogP contribution in [0.1, 0.15) is 18.6 Å². The largest absolute Gasteiger partial charge is 0.448 e. The Morgan fingerprint density at radius 1 is 1.18 bits per heavy atom. The minimum Gasteiger partial charge on any atom is -0.448 e. The summed E-state index contributed by atoms with van der Waals surface area (Å²) in [4.78, 5) is 25.3. The average molecular weight is 361 g/mol. The van der Waals surface area contributed by atoms with Crippen LogP contribution in [0.25, 0.3) is 0 Å². The van der Waals surface area contributed by atoms with Gasteiger partial charge in [-0.3, -0.25) is 9.59 Å². The fourth-order valence-electron chi connectivity index (χ4n) is 4.69. The minimum atomic E-state index is -0.203. The normalized spacial score (nSPS) is 37.0. The van der Waals surface area contributed by atoms with Gasteiger partial charge in [0, 0.05) is 0 Å². The van der Waals surface area contributed by atoms with Crippen LogP contribution in [-0.4, -0.2) is 23.0 Å². The number of rotatable bonds is 2. The standard InChI is InChI=1S/C16H13BrN2O3/c17-11-4-1-8(22-11)7-18-19-14(20)12-9-2-3-10(13(12)15(19)21)16(9)5-6-16/h1-4,7,9-10,12-13H,5-6H2. The molecular formula is C16H13BrN2O3. The number of imide groups is 1. The van der Waals surface area contributed by atoms with E-state index in [-0.39, 0.29) is 40.9 Å². The van der Waals surface area contributed by atoms with Crippen LogP contribution in [0.15, 0.2) is 38.5 Å². The maximum atomic E-state index is 12.6. The molecular weight excluding hydrogens is 348 g/mol. The number of amides is 2. The second-order valence-corrected chi connectivity index (χ2v) is 7.38. The Balaban J connectivity index is 1.45. The highest BCUT2D eigenvalue weighted by Gasteiger charge is 2.73. The van der Waals surface area contributed by atoms with Crippen LogP contribution in [-0.2, 0) is 9.59 Å². The quantitative estimate of drug-likeness (QED) is 0.462. The summed E-state index contributed by atoms with van der Waals surface area (Å²) in [7, 11) is 0. The molecule has 4 aliphatic rings. The van der Waals surface area contributed by atoms with Crippen LogP contribution in [0.2, 0.25) is 0 Å². The number of furan rings is 1. The molecule has 2 heterocycles. The lowest BCUT2D eigenvalue weighted by Crippen LogP contribution is -2.30. The molecule has 3 fully saturated rings. The van der Waals surface area contributed by atoms with E-state index in [0.717, 1.165) is 17.9 Å². The number of halogens is 1. The van der Waals surface area contributed by atoms with Crippen molar-refractivity contribution in [1.82, 2.24) is 5.01 Å². The zero-order chi connectivity index (χ0) is 15.1. The van der Waals surface area contributed by atoms with E-state index in [2.05, 4.69) is 33.2 Å². The van der Waals surface area contributed by atoms with Gasteiger partial charge in [-0.2, -0.15) is 10.1 Å². The van der Waals surface area contributed by atoms with Crippen molar-refractivity contribution in [2.75, 3.05) is 0 Å². The number of carbonyl (C=O) groups excluding carboxylic acids is 2. The van der Waals surface area contributed by atoms with E-state index in [0.29, 0.717) is 10.4 Å². The molecule has 4 atom stereocenters. The van der Waals surface area contributed by atoms with Gasteiger partial charge in [-0.1, -0.05) is 12.2 Å². The first-order valence-electron chi connectivity index (χ1n) is 7.47. The highest BCUT2D eigenvalue weighted by atomic mass is 79.9. The van der Waals surface area contributed by atoms with Crippen molar-refractivity contribution in [1.29, 1.82) is 0 Å². The Hall–Kier alpha value is -1.69. The van der Waals surface area contributed by atoms with Gasteiger partial charge in [0.05, 0.1) is 18.1 Å². The number of fused-ring (bicyclic) bond motifs is 3. The van der Waals surface area contributed by atoms with E-state index in [1.807, 2.05) is 0 Å². The van der Waals surface area contributed by atoms with Crippen LogP contribution < -0.4 is 0 Å². The van der Waals surface area contributed by atoms with Crippen molar-refractivity contribution in [3.63, 3.8) is 0 Å². The van der Waals surface area contributed by atoms with E-state index >= 15 is 0 Å². The average Bonchev–Trinajstić information content (AvgIpc) is 2.87. The Morgan fingerprint density at radius 2 is 1.82 bits per heavy atom. The molecule has 1 saturated heterocycles. The van der Waals surface area contributed by atoms with Gasteiger partial charge in [0.1, 0.15) is 5.76 Å². The van der Waals surface area contributed by atoms with Gasteiger partial charge in [-0.15, -0.1) is 0 Å². The van der Waals surface area contributed by atoms with Crippen LogP contribution >= 0.6 is 15.9 Å². The molecule has 0 radical (unpaired) electrons. The first kappa shape index (κ1) is 12.8. The van der Waals surface area contributed by atoms with Gasteiger partial charge in [-0.25, -0.2) is 0 Å². The van der Waals surface area contributed by atoms with Gasteiger partial charge in [0.15, 0.2) is 4.67 Å². The summed E-state index contributed by atoms with van der Waals surface area (Å²) in [5, 5.41) is 5.13. The lowest BCUT2D eigenvalue weighted by molar-refractivity contribution is -0.141. The van der Waals surface area contributed by atoms with Gasteiger partial charge in [0.25, 0.3) is 11.8 Å². The molecule has 2 bridgehead atoms. The molecule has 22 heavy (non-hydrogen) atoms. The van der Waals surface area contributed by atoms with Gasteiger partial charge in [-0.05, 0) is 58.2 Å². The molecule has 0 N–H and O–H groups in total. The summed E-state index contributed by atoms with van der Waals surface area (Å²) in [6, 6.07) is 3.47. The number of nitrogens with zero attached hydrogens (tertiary/aromatic N) is 2. The first-order chi connectivity index (χ1) is 10.6. The molecule has 2 saturated carbocycles. The summed E-state index contributed by atoms with van der Waals surface area (Å²) < 4.78 is 5.90. The number of hydrogen-bond donors (Lipinski definition) is 0. The zero-order valence-corrected chi connectivity index (χ0v) is 13.2. The molecule has 6 heteroatoms. The first-order valence-corrected chi connectivity index (χ1v) is 8.27. The fraction of sp³-hybridized carbons (Fsp3) is 0.438. The van der Waals surface area contributed by atoms with E-state index in [4.69, 9.17) is 4.42 Å². The third-order valence-corrected chi connectivity index (χ3v) is 6.15. The second-order valence-electron chi connectivity index (χ2n) is 6.60. The van der Waals surface area contributed by atoms with E-state index in [1.54, 1.807) is 12.1 Å². The molecule has 1 aromatic heterocycles. The molecule has 5 rings (SSSR count). The molecule has 0 aromatic carbocycles. The Bertz CT molecular complexity index is 727. The highest BCUT2D eigenvalue weighted by molar-refractivity contribution is 9.10. The minimum absolute atomic E-state index is 0.153. The second kappa shape index (κ2) is 3.98. The number of hydrazone groups is 1. The van der Waals surface area contributed by atoms with E-state index in [9.17, 15) is 9.59 Å². The van der Waals surface area contributed by atoms with Crippen molar-refractivity contribution >= 4 is 34.0 Å². The summed E-state index contributed by atoms with van der Waals surface area (Å²) in [6.45, 7) is 0. The lowest BCUT2D eigenvalue weighted by Gasteiger charge is -2.18. The topological polar surface area (TPSA) is 62.9 Å². The smallest absolute Gasteiger partial charge is 0.254 e. The predicted molar refractivity (Wildman–Crippen MR) is 80.6 cm³/mol. The van der Waals surface area contributed by atoms with Crippen LogP contribution in [0, 0.1) is 29.1 Å². The molecule has 3 aliphatic carbocycles. The van der Waals surface area contributed by atoms with E-state index < -0.39 is 0 Å². The van der Waals surface area contributed by atoms with Crippen molar-refractivity contribution in [3.8, 4) is 0 Å². The Morgan fingerprint density at radius 3 is 2.32 bits per heavy atom. The van der Waals surface area contributed by atoms with Crippen molar-refractivity contribution in [3.05, 3.63) is 34.7 Å². The highest BCUT2D eigenvalue weighted by Crippen LogP contribution is 2.73. The van der Waals surface area contributed by atoms with Gasteiger partial charge < -0.3 is 4.42 Å². The van der Waals surface area contributed by atoms with E-state index in [1.165, 1.54) is 6.21 Å². The number of carbonyl (C=O) groups is 2. The summed E-state index contributed by atoms with van der Waals surface area (Å²) in [5.41, 5.74) is 0.225. The third kappa shape index (κ3) is 1.41. The molecule has 1 spiro atoms. The summed E-state index contributed by atoms with van der Waals surface area (Å²) in [6.07, 6.45) is 8.02. The van der Waals surface area contributed by atoms with Crippen molar-refractivity contribution < 1.29 is 14.0 Å². The molecule has 2 amide bonds.